The van der Waals surface area contributed by atoms with Crippen molar-refractivity contribution in [1.82, 2.24) is 20.0 Å². The summed E-state index contributed by atoms with van der Waals surface area (Å²) in [6.45, 7) is 4.28. The Bertz CT molecular complexity index is 1450. The maximum Gasteiger partial charge on any atom is 0.269 e. The summed E-state index contributed by atoms with van der Waals surface area (Å²) < 4.78 is 7.11. The van der Waals surface area contributed by atoms with Crippen LogP contribution in [-0.4, -0.2) is 28.7 Å². The zero-order valence-corrected chi connectivity index (χ0v) is 22.6. The number of nitrogens with zero attached hydrogens (tertiary/aromatic N) is 5. The summed E-state index contributed by atoms with van der Waals surface area (Å²) in [7, 11) is 5.04. The van der Waals surface area contributed by atoms with Crippen LogP contribution < -0.4 is 30.9 Å². The Morgan fingerprint density at radius 1 is 1.19 bits per heavy atom. The molecule has 2 aliphatic heterocycles. The van der Waals surface area contributed by atoms with Crippen LogP contribution in [0.1, 0.15) is 25.5 Å². The molecule has 3 aromatic rings. The molecular formula is C26H27Cl2N7O2. The van der Waals surface area contributed by atoms with Gasteiger partial charge in [-0.3, -0.25) is 15.2 Å². The molecule has 192 valence electrons. The number of fused-ring (bicyclic) bond motifs is 1. The topological polar surface area (TPSA) is 87.6 Å². The van der Waals surface area contributed by atoms with Crippen molar-refractivity contribution in [2.45, 2.75) is 19.9 Å². The first kappa shape index (κ1) is 25.0. The van der Waals surface area contributed by atoms with E-state index in [0.717, 1.165) is 28.2 Å². The predicted molar refractivity (Wildman–Crippen MR) is 147 cm³/mol. The predicted octanol–water partition coefficient (Wildman–Crippen LogP) is 4.87. The van der Waals surface area contributed by atoms with Gasteiger partial charge < -0.3 is 19.5 Å². The number of benzene rings is 1. The van der Waals surface area contributed by atoms with E-state index in [0.29, 0.717) is 22.5 Å². The minimum absolute atomic E-state index is 0.126. The molecule has 2 aliphatic rings. The van der Waals surface area contributed by atoms with Crippen molar-refractivity contribution >= 4 is 40.5 Å². The van der Waals surface area contributed by atoms with Crippen LogP contribution in [0.3, 0.4) is 0 Å². The van der Waals surface area contributed by atoms with Crippen LogP contribution in [0.25, 0.3) is 0 Å². The first-order valence-corrected chi connectivity index (χ1v) is 12.5. The van der Waals surface area contributed by atoms with E-state index in [2.05, 4.69) is 39.5 Å². The number of halogens is 2. The number of ether oxygens (including phenoxy) is 1. The number of hydrogen-bond acceptors (Lipinski definition) is 8. The Morgan fingerprint density at radius 3 is 2.54 bits per heavy atom. The summed E-state index contributed by atoms with van der Waals surface area (Å²) in [6, 6.07) is 9.28. The van der Waals surface area contributed by atoms with Crippen LogP contribution in [0.5, 0.6) is 5.88 Å². The summed E-state index contributed by atoms with van der Waals surface area (Å²) in [5, 5.41) is 5.74. The maximum absolute atomic E-state index is 12.3. The number of allylic oxidation sites excluding steroid dienone is 1. The van der Waals surface area contributed by atoms with Crippen molar-refractivity contribution in [3.63, 3.8) is 0 Å². The Morgan fingerprint density at radius 2 is 1.92 bits per heavy atom. The van der Waals surface area contributed by atoms with E-state index in [-0.39, 0.29) is 22.5 Å². The number of hydrazine groups is 1. The number of aromatic nitrogens is 3. The first-order chi connectivity index (χ1) is 17.7. The van der Waals surface area contributed by atoms with E-state index in [1.165, 1.54) is 4.57 Å². The molecule has 2 aromatic heterocycles. The lowest BCUT2D eigenvalue weighted by atomic mass is 9.93. The second-order valence-corrected chi connectivity index (χ2v) is 9.95. The minimum atomic E-state index is -0.246. The highest BCUT2D eigenvalue weighted by atomic mass is 35.5. The Labute approximate surface area is 225 Å². The van der Waals surface area contributed by atoms with Gasteiger partial charge in [0.2, 0.25) is 11.8 Å². The zero-order valence-electron chi connectivity index (χ0n) is 21.1. The molecule has 0 bridgehead atoms. The largest absolute Gasteiger partial charge is 0.479 e. The highest BCUT2D eigenvalue weighted by Crippen LogP contribution is 2.49. The average molecular weight is 540 g/mol. The summed E-state index contributed by atoms with van der Waals surface area (Å²) >= 11 is 12.5. The third-order valence-electron chi connectivity index (χ3n) is 6.41. The molecule has 5 rings (SSSR count). The molecule has 0 spiro atoms. The van der Waals surface area contributed by atoms with Gasteiger partial charge in [0.25, 0.3) is 5.56 Å². The Kier molecular flexibility index (Phi) is 6.51. The SMILES string of the molecule is CNc1ncc(N2NC3=CN(c4cc(Cl)c(=O)n(C)c4)C(c4ccc(Cl)cc4)C3=C2C(C)C)c(OC)n1. The lowest BCUT2D eigenvalue weighted by Crippen LogP contribution is -2.34. The van der Waals surface area contributed by atoms with E-state index in [9.17, 15) is 4.79 Å². The molecule has 4 heterocycles. The van der Waals surface area contributed by atoms with Gasteiger partial charge in [-0.2, -0.15) is 4.98 Å². The summed E-state index contributed by atoms with van der Waals surface area (Å²) in [5.41, 5.74) is 8.85. The van der Waals surface area contributed by atoms with E-state index >= 15 is 0 Å². The van der Waals surface area contributed by atoms with Gasteiger partial charge in [0.05, 0.1) is 36.4 Å². The van der Waals surface area contributed by atoms with Gasteiger partial charge in [0.1, 0.15) is 10.7 Å². The fourth-order valence-corrected chi connectivity index (χ4v) is 5.14. The average Bonchev–Trinajstić information content (AvgIpc) is 3.43. The second kappa shape index (κ2) is 9.64. The molecule has 1 atom stereocenters. The van der Waals surface area contributed by atoms with Gasteiger partial charge in [0.15, 0.2) is 0 Å². The van der Waals surface area contributed by atoms with Gasteiger partial charge in [-0.25, -0.2) is 4.98 Å². The normalized spacial score (nSPS) is 16.8. The van der Waals surface area contributed by atoms with Crippen molar-refractivity contribution < 1.29 is 4.74 Å². The summed E-state index contributed by atoms with van der Waals surface area (Å²) in [4.78, 5) is 23.3. The highest BCUT2D eigenvalue weighted by molar-refractivity contribution is 6.30. The van der Waals surface area contributed by atoms with E-state index in [4.69, 9.17) is 27.9 Å². The first-order valence-electron chi connectivity index (χ1n) is 11.7. The molecule has 11 heteroatoms. The third-order valence-corrected chi connectivity index (χ3v) is 6.93. The number of aryl methyl sites for hydroxylation is 1. The molecule has 0 saturated heterocycles. The second-order valence-electron chi connectivity index (χ2n) is 9.11. The number of rotatable bonds is 6. The molecule has 37 heavy (non-hydrogen) atoms. The molecule has 0 amide bonds. The highest BCUT2D eigenvalue weighted by Gasteiger charge is 2.43. The molecular weight excluding hydrogens is 513 g/mol. The van der Waals surface area contributed by atoms with Crippen molar-refractivity contribution in [3.8, 4) is 5.88 Å². The zero-order chi connectivity index (χ0) is 26.4. The maximum atomic E-state index is 12.3. The van der Waals surface area contributed by atoms with E-state index in [1.807, 2.05) is 35.5 Å². The molecule has 9 nitrogen and oxygen atoms in total. The van der Waals surface area contributed by atoms with Gasteiger partial charge in [-0.1, -0.05) is 49.2 Å². The van der Waals surface area contributed by atoms with Crippen molar-refractivity contribution in [2.75, 3.05) is 29.4 Å². The number of nitrogens with one attached hydrogen (secondary N) is 2. The molecule has 2 N–H and O–H groups in total. The van der Waals surface area contributed by atoms with Gasteiger partial charge >= 0.3 is 0 Å². The quantitative estimate of drug-likeness (QED) is 0.458. The monoisotopic (exact) mass is 539 g/mol. The molecule has 0 aliphatic carbocycles. The lowest BCUT2D eigenvalue weighted by molar-refractivity contribution is 0.397. The molecule has 1 aromatic carbocycles. The Hall–Kier alpha value is -3.69. The van der Waals surface area contributed by atoms with Crippen molar-refractivity contribution in [1.29, 1.82) is 0 Å². The molecule has 1 unspecified atom stereocenters. The molecule has 0 saturated carbocycles. The number of pyridine rings is 1. The Balaban J connectivity index is 1.70. The summed E-state index contributed by atoms with van der Waals surface area (Å²) in [5.74, 6) is 1.03. The molecule has 0 fully saturated rings. The minimum Gasteiger partial charge on any atom is -0.479 e. The van der Waals surface area contributed by atoms with Crippen LogP contribution in [0.15, 0.2) is 70.7 Å². The standard InChI is InChI=1S/C26H27Cl2N7O2/c1-14(2)22-21-19(32-35(22)20-11-30-26(29-3)31-24(20)37-5)13-34(17-10-18(28)25(36)33(4)12-17)23(21)15-6-8-16(27)9-7-15/h6-14,23,32H,1-5H3,(H,29,30,31). The fraction of sp³-hybridized carbons (Fsp3) is 0.269. The number of hydrogen-bond donors (Lipinski definition) is 2. The van der Waals surface area contributed by atoms with Crippen molar-refractivity contribution in [3.05, 3.63) is 91.9 Å². The third kappa shape index (κ3) is 4.28. The smallest absolute Gasteiger partial charge is 0.269 e. The van der Waals surface area contributed by atoms with Crippen molar-refractivity contribution in [2.24, 2.45) is 13.0 Å². The molecule has 0 radical (unpaired) electrons. The summed E-state index contributed by atoms with van der Waals surface area (Å²) in [6.07, 6.45) is 5.55. The van der Waals surface area contributed by atoms with Gasteiger partial charge in [0, 0.05) is 37.1 Å². The fourth-order valence-electron chi connectivity index (χ4n) is 4.77. The van der Waals surface area contributed by atoms with Crippen LogP contribution in [0, 0.1) is 5.92 Å². The van der Waals surface area contributed by atoms with Gasteiger partial charge in [-0.05, 0) is 29.7 Å². The number of methoxy groups -OCH3 is 1. The van der Waals surface area contributed by atoms with Crippen LogP contribution in [-0.2, 0) is 7.05 Å². The van der Waals surface area contributed by atoms with Crippen LogP contribution in [0.2, 0.25) is 10.0 Å². The van der Waals surface area contributed by atoms with Gasteiger partial charge in [-0.15, -0.1) is 0 Å². The number of anilines is 3. The lowest BCUT2D eigenvalue weighted by Gasteiger charge is -2.31. The van der Waals surface area contributed by atoms with E-state index < -0.39 is 0 Å². The van der Waals surface area contributed by atoms with E-state index in [1.54, 1.807) is 39.7 Å². The van der Waals surface area contributed by atoms with Crippen LogP contribution in [0.4, 0.5) is 17.3 Å². The van der Waals surface area contributed by atoms with Crippen LogP contribution >= 0.6 is 23.2 Å².